The van der Waals surface area contributed by atoms with Crippen LogP contribution in [-0.4, -0.2) is 57.4 Å². The van der Waals surface area contributed by atoms with Gasteiger partial charge in [-0.25, -0.2) is 12.8 Å². The quantitative estimate of drug-likeness (QED) is 0.557. The van der Waals surface area contributed by atoms with Crippen LogP contribution in [0.4, 0.5) is 10.1 Å². The van der Waals surface area contributed by atoms with E-state index in [1.165, 1.54) is 19.1 Å². The maximum atomic E-state index is 14.6. The Morgan fingerprint density at radius 2 is 1.69 bits per heavy atom. The lowest BCUT2D eigenvalue weighted by atomic mass is 9.95. The van der Waals surface area contributed by atoms with Gasteiger partial charge in [0.1, 0.15) is 5.82 Å². The molecule has 2 aliphatic rings. The van der Waals surface area contributed by atoms with E-state index in [1.807, 2.05) is 4.90 Å². The van der Waals surface area contributed by atoms with E-state index < -0.39 is 15.7 Å². The van der Waals surface area contributed by atoms with Crippen LogP contribution in [0.25, 0.3) is 5.57 Å². The zero-order valence-electron chi connectivity index (χ0n) is 20.2. The standard InChI is InChI=1S/C27H31FN2O4S/c1-19(31)21-9-12-26(25(28)17-21)29-13-15-30(16-14-29)27(32)24-18-22(35(2,33)34)10-11-23(24)20-7-5-3-4-6-8-20/h7,9-12,17-18H,3-6,8,13-16H2,1-2H3. The van der Waals surface area contributed by atoms with Gasteiger partial charge in [-0.15, -0.1) is 0 Å². The fourth-order valence-electron chi connectivity index (χ4n) is 4.77. The summed E-state index contributed by atoms with van der Waals surface area (Å²) in [6.45, 7) is 3.04. The van der Waals surface area contributed by atoms with E-state index in [4.69, 9.17) is 0 Å². The number of nitrogens with zero attached hydrogens (tertiary/aromatic N) is 2. The molecule has 35 heavy (non-hydrogen) atoms. The summed E-state index contributed by atoms with van der Waals surface area (Å²) in [5.74, 6) is -0.856. The summed E-state index contributed by atoms with van der Waals surface area (Å²) in [5.41, 5.74) is 3.04. The van der Waals surface area contributed by atoms with Crippen molar-refractivity contribution in [2.24, 2.45) is 0 Å². The van der Waals surface area contributed by atoms with Crippen molar-refractivity contribution < 1.29 is 22.4 Å². The van der Waals surface area contributed by atoms with E-state index in [0.717, 1.165) is 49.5 Å². The van der Waals surface area contributed by atoms with Gasteiger partial charge in [-0.1, -0.05) is 18.6 Å². The van der Waals surface area contributed by atoms with Crippen LogP contribution in [0, 0.1) is 5.82 Å². The maximum Gasteiger partial charge on any atom is 0.254 e. The van der Waals surface area contributed by atoms with Crippen molar-refractivity contribution in [2.75, 3.05) is 37.3 Å². The van der Waals surface area contributed by atoms with E-state index in [9.17, 15) is 22.4 Å². The van der Waals surface area contributed by atoms with Gasteiger partial charge in [-0.05, 0) is 74.1 Å². The second kappa shape index (κ2) is 10.3. The molecule has 1 amide bonds. The molecule has 186 valence electrons. The molecule has 0 unspecified atom stereocenters. The maximum absolute atomic E-state index is 14.6. The number of benzene rings is 2. The topological polar surface area (TPSA) is 74.8 Å². The lowest BCUT2D eigenvalue weighted by molar-refractivity contribution is 0.0745. The molecule has 2 aromatic carbocycles. The second-order valence-corrected chi connectivity index (χ2v) is 11.3. The fraction of sp³-hybridized carbons (Fsp3) is 0.407. The monoisotopic (exact) mass is 498 g/mol. The predicted octanol–water partition coefficient (Wildman–Crippen LogP) is 4.74. The summed E-state index contributed by atoms with van der Waals surface area (Å²) < 4.78 is 39.1. The van der Waals surface area contributed by atoms with Gasteiger partial charge in [0.05, 0.1) is 10.6 Å². The zero-order valence-corrected chi connectivity index (χ0v) is 21.0. The number of allylic oxidation sites excluding steroid dienone is 2. The van der Waals surface area contributed by atoms with Crippen LogP contribution in [0.3, 0.4) is 0 Å². The second-order valence-electron chi connectivity index (χ2n) is 9.31. The lowest BCUT2D eigenvalue weighted by Crippen LogP contribution is -2.49. The first kappa shape index (κ1) is 25.1. The first-order valence-corrected chi connectivity index (χ1v) is 13.9. The molecule has 1 heterocycles. The zero-order chi connectivity index (χ0) is 25.2. The minimum absolute atomic E-state index is 0.130. The molecule has 0 N–H and O–H groups in total. The van der Waals surface area contributed by atoms with Crippen molar-refractivity contribution >= 4 is 32.8 Å². The smallest absolute Gasteiger partial charge is 0.254 e. The van der Waals surface area contributed by atoms with Gasteiger partial charge in [0.15, 0.2) is 15.6 Å². The average molecular weight is 499 g/mol. The van der Waals surface area contributed by atoms with Gasteiger partial charge in [0.25, 0.3) is 5.91 Å². The number of carbonyl (C=O) groups is 2. The Kier molecular flexibility index (Phi) is 7.40. The number of Topliss-reactive ketones (excluding diaryl/α,β-unsaturated/α-hetero) is 1. The van der Waals surface area contributed by atoms with E-state index in [0.29, 0.717) is 43.0 Å². The molecule has 0 radical (unpaired) electrons. The normalized spacial score (nSPS) is 17.1. The van der Waals surface area contributed by atoms with Gasteiger partial charge in [-0.3, -0.25) is 9.59 Å². The largest absolute Gasteiger partial charge is 0.366 e. The molecule has 1 fully saturated rings. The Morgan fingerprint density at radius 3 is 2.34 bits per heavy atom. The van der Waals surface area contributed by atoms with Crippen LogP contribution in [0.2, 0.25) is 0 Å². The van der Waals surface area contributed by atoms with Gasteiger partial charge in [0.2, 0.25) is 0 Å². The molecule has 1 aliphatic heterocycles. The molecule has 1 aliphatic carbocycles. The van der Waals surface area contributed by atoms with Crippen LogP contribution in [0.15, 0.2) is 47.4 Å². The molecule has 0 atom stereocenters. The Balaban J connectivity index is 1.57. The lowest BCUT2D eigenvalue weighted by Gasteiger charge is -2.36. The molecule has 2 aromatic rings. The van der Waals surface area contributed by atoms with E-state index in [-0.39, 0.29) is 16.6 Å². The molecule has 0 aromatic heterocycles. The first-order chi connectivity index (χ1) is 16.6. The average Bonchev–Trinajstić information content (AvgIpc) is 3.12. The molecular formula is C27H31FN2O4S. The van der Waals surface area contributed by atoms with E-state index in [2.05, 4.69) is 6.08 Å². The highest BCUT2D eigenvalue weighted by molar-refractivity contribution is 7.90. The summed E-state index contributed by atoms with van der Waals surface area (Å²) in [6.07, 6.45) is 8.42. The van der Waals surface area contributed by atoms with Crippen molar-refractivity contribution in [1.82, 2.24) is 4.90 Å². The summed E-state index contributed by atoms with van der Waals surface area (Å²) >= 11 is 0. The summed E-state index contributed by atoms with van der Waals surface area (Å²) in [5, 5.41) is 0. The molecule has 0 saturated carbocycles. The van der Waals surface area contributed by atoms with Crippen LogP contribution >= 0.6 is 0 Å². The highest BCUT2D eigenvalue weighted by Crippen LogP contribution is 2.31. The number of hydrogen-bond acceptors (Lipinski definition) is 5. The third-order valence-corrected chi connectivity index (χ3v) is 7.91. The molecule has 0 spiro atoms. The van der Waals surface area contributed by atoms with Crippen molar-refractivity contribution in [1.29, 1.82) is 0 Å². The highest BCUT2D eigenvalue weighted by atomic mass is 32.2. The number of piperazine rings is 1. The number of carbonyl (C=O) groups excluding carboxylic acids is 2. The first-order valence-electron chi connectivity index (χ1n) is 12.0. The van der Waals surface area contributed by atoms with Crippen molar-refractivity contribution in [3.63, 3.8) is 0 Å². The molecule has 1 saturated heterocycles. The third kappa shape index (κ3) is 5.64. The van der Waals surface area contributed by atoms with E-state index in [1.54, 1.807) is 29.2 Å². The summed E-state index contributed by atoms with van der Waals surface area (Å²) in [4.78, 5) is 28.9. The van der Waals surface area contributed by atoms with Gasteiger partial charge in [-0.2, -0.15) is 0 Å². The number of rotatable bonds is 5. The Labute approximate surface area is 206 Å². The Hall–Kier alpha value is -3.00. The van der Waals surface area contributed by atoms with Gasteiger partial charge < -0.3 is 9.80 Å². The van der Waals surface area contributed by atoms with Crippen LogP contribution in [-0.2, 0) is 9.84 Å². The van der Waals surface area contributed by atoms with Crippen LogP contribution < -0.4 is 4.90 Å². The number of ketones is 1. The molecule has 4 rings (SSSR count). The number of amides is 1. The van der Waals surface area contributed by atoms with Crippen LogP contribution in [0.5, 0.6) is 0 Å². The number of anilines is 1. The SMILES string of the molecule is CC(=O)c1ccc(N2CCN(C(=O)c3cc(S(C)(=O)=O)ccc3C3=CCCCCC3)CC2)c(F)c1. The molecule has 6 nitrogen and oxygen atoms in total. The van der Waals surface area contributed by atoms with Crippen LogP contribution in [0.1, 0.15) is 65.3 Å². The number of halogens is 1. The number of sulfone groups is 1. The van der Waals surface area contributed by atoms with Crippen molar-refractivity contribution in [3.05, 3.63) is 65.0 Å². The Bertz CT molecular complexity index is 1280. The number of hydrogen-bond donors (Lipinski definition) is 0. The minimum atomic E-state index is -3.47. The van der Waals surface area contributed by atoms with E-state index >= 15 is 0 Å². The molecular weight excluding hydrogens is 467 g/mol. The molecule has 8 heteroatoms. The summed E-state index contributed by atoms with van der Waals surface area (Å²) in [6, 6.07) is 9.32. The third-order valence-electron chi connectivity index (χ3n) is 6.80. The predicted molar refractivity (Wildman–Crippen MR) is 135 cm³/mol. The molecule has 0 bridgehead atoms. The van der Waals surface area contributed by atoms with Crippen molar-refractivity contribution in [3.8, 4) is 0 Å². The van der Waals surface area contributed by atoms with Gasteiger partial charge >= 0.3 is 0 Å². The highest BCUT2D eigenvalue weighted by Gasteiger charge is 2.27. The minimum Gasteiger partial charge on any atom is -0.366 e. The van der Waals surface area contributed by atoms with Gasteiger partial charge in [0, 0.05) is 43.6 Å². The Morgan fingerprint density at radius 1 is 0.943 bits per heavy atom. The summed E-state index contributed by atoms with van der Waals surface area (Å²) in [7, 11) is -3.47. The fourth-order valence-corrected chi connectivity index (χ4v) is 5.42. The van der Waals surface area contributed by atoms with Crippen molar-refractivity contribution in [2.45, 2.75) is 43.9 Å².